The number of carbonyl (C=O) groups is 1. The summed E-state index contributed by atoms with van der Waals surface area (Å²) in [5, 5.41) is 5.86. The van der Waals surface area contributed by atoms with Gasteiger partial charge in [0, 0.05) is 5.69 Å². The fourth-order valence-corrected chi connectivity index (χ4v) is 3.86. The minimum Gasteiger partial charge on any atom is -0.391 e. The molecular weight excluding hydrogens is 412 g/mol. The number of rotatable bonds is 9. The number of anilines is 1. The van der Waals surface area contributed by atoms with E-state index in [9.17, 15) is 18.0 Å². The highest BCUT2D eigenvalue weighted by Gasteiger charge is 2.19. The molecule has 0 atom stereocenters. The van der Waals surface area contributed by atoms with Crippen LogP contribution in [0.2, 0.25) is 0 Å². The Kier molecular flexibility index (Phi) is 7.42. The highest BCUT2D eigenvalue weighted by molar-refractivity contribution is 7.92. The predicted octanol–water partition coefficient (Wildman–Crippen LogP) is -0.413. The molecule has 30 heavy (non-hydrogen) atoms. The molecule has 2 aromatic rings. The van der Waals surface area contributed by atoms with Crippen LogP contribution in [-0.4, -0.2) is 38.0 Å². The number of amides is 1. The lowest BCUT2D eigenvalue weighted by molar-refractivity contribution is -0.122. The van der Waals surface area contributed by atoms with E-state index in [1.807, 2.05) is 0 Å². The Morgan fingerprint density at radius 1 is 1.17 bits per heavy atom. The van der Waals surface area contributed by atoms with E-state index in [4.69, 9.17) is 16.3 Å². The van der Waals surface area contributed by atoms with Crippen LogP contribution in [0, 0.1) is 13.8 Å². The number of pyridine rings is 1. The van der Waals surface area contributed by atoms with Gasteiger partial charge in [0.1, 0.15) is 18.8 Å². The van der Waals surface area contributed by atoms with Crippen LogP contribution in [0.4, 0.5) is 5.69 Å². The topological polar surface area (TPSA) is 171 Å². The molecule has 1 amide bonds. The summed E-state index contributed by atoms with van der Waals surface area (Å²) in [6, 6.07) is 9.33. The lowest BCUT2D eigenvalue weighted by Gasteiger charge is -2.14. The summed E-state index contributed by atoms with van der Waals surface area (Å²) in [6.07, 6.45) is 0. The molecule has 11 nitrogen and oxygen atoms in total. The zero-order chi connectivity index (χ0) is 22.3. The third-order valence-electron chi connectivity index (χ3n) is 4.01. The van der Waals surface area contributed by atoms with Crippen LogP contribution in [-0.2, 0) is 26.2 Å². The highest BCUT2D eigenvalue weighted by Crippen LogP contribution is 2.17. The monoisotopic (exact) mass is 436 g/mol. The molecule has 6 N–H and O–H groups in total. The summed E-state index contributed by atoms with van der Waals surface area (Å²) in [7, 11) is -3.97. The largest absolute Gasteiger partial charge is 0.391 e. The first-order valence-electron chi connectivity index (χ1n) is 8.88. The smallest absolute Gasteiger partial charge is 0.275 e. The van der Waals surface area contributed by atoms with Gasteiger partial charge in [-0.25, -0.2) is 8.42 Å². The number of guanidine groups is 1. The van der Waals surface area contributed by atoms with E-state index in [-0.39, 0.29) is 36.2 Å². The minimum absolute atomic E-state index is 0.0355. The number of aromatic nitrogens is 1. The fraction of sp³-hybridized carbons (Fsp3) is 0.278. The van der Waals surface area contributed by atoms with E-state index < -0.39 is 21.5 Å². The van der Waals surface area contributed by atoms with Gasteiger partial charge in [-0.2, -0.15) is 0 Å². The third kappa shape index (κ3) is 5.98. The SMILES string of the molecule is Cc1ccccc1S(=O)(=O)Nc1ccc(C)n(CC(=O)NCCON=C(N)N)c1=O. The van der Waals surface area contributed by atoms with Crippen molar-refractivity contribution in [2.45, 2.75) is 25.3 Å². The average Bonchev–Trinajstić information content (AvgIpc) is 2.67. The van der Waals surface area contributed by atoms with Crippen molar-refractivity contribution >= 4 is 27.6 Å². The zero-order valence-electron chi connectivity index (χ0n) is 16.6. The molecule has 0 unspecified atom stereocenters. The van der Waals surface area contributed by atoms with E-state index >= 15 is 0 Å². The summed E-state index contributed by atoms with van der Waals surface area (Å²) < 4.78 is 28.8. The van der Waals surface area contributed by atoms with Gasteiger partial charge >= 0.3 is 0 Å². The molecule has 0 aliphatic rings. The molecule has 2 rings (SSSR count). The zero-order valence-corrected chi connectivity index (χ0v) is 17.4. The van der Waals surface area contributed by atoms with Crippen molar-refractivity contribution in [3.8, 4) is 0 Å². The summed E-state index contributed by atoms with van der Waals surface area (Å²) in [6.45, 7) is 3.14. The first-order chi connectivity index (χ1) is 14.1. The van der Waals surface area contributed by atoms with Crippen molar-refractivity contribution in [3.05, 3.63) is 58.0 Å². The molecule has 0 fully saturated rings. The van der Waals surface area contributed by atoms with Gasteiger partial charge < -0.3 is 26.2 Å². The maximum Gasteiger partial charge on any atom is 0.275 e. The lowest BCUT2D eigenvalue weighted by atomic mass is 10.2. The number of nitrogens with one attached hydrogen (secondary N) is 2. The second kappa shape index (κ2) is 9.78. The Morgan fingerprint density at radius 3 is 2.53 bits per heavy atom. The first-order valence-corrected chi connectivity index (χ1v) is 10.4. The van der Waals surface area contributed by atoms with Gasteiger partial charge in [0.25, 0.3) is 15.6 Å². The number of sulfonamides is 1. The minimum atomic E-state index is -3.97. The number of hydrogen-bond acceptors (Lipinski definition) is 6. The molecule has 0 bridgehead atoms. The molecule has 1 aromatic carbocycles. The van der Waals surface area contributed by atoms with Crippen LogP contribution in [0.1, 0.15) is 11.3 Å². The standard InChI is InChI=1S/C18H24N6O5S/c1-12-5-3-4-6-15(12)30(27,28)23-14-8-7-13(2)24(17(14)26)11-16(25)21-9-10-29-22-18(19)20/h3-8,23H,9-11H2,1-2H3,(H,21,25)(H4,19,20,22). The Balaban J connectivity index is 2.14. The van der Waals surface area contributed by atoms with Gasteiger partial charge in [-0.15, -0.1) is 0 Å². The number of oxime groups is 1. The Morgan fingerprint density at radius 2 is 1.87 bits per heavy atom. The van der Waals surface area contributed by atoms with Crippen LogP contribution in [0.15, 0.2) is 51.2 Å². The van der Waals surface area contributed by atoms with Gasteiger partial charge in [-0.05, 0) is 42.8 Å². The predicted molar refractivity (Wildman–Crippen MR) is 112 cm³/mol. The number of aryl methyl sites for hydroxylation is 2. The molecule has 12 heteroatoms. The number of benzene rings is 1. The van der Waals surface area contributed by atoms with E-state index in [0.717, 1.165) is 0 Å². The number of carbonyl (C=O) groups excluding carboxylic acids is 1. The van der Waals surface area contributed by atoms with Gasteiger partial charge in [0.15, 0.2) is 0 Å². The molecule has 1 aromatic heterocycles. The van der Waals surface area contributed by atoms with Crippen LogP contribution < -0.4 is 27.1 Å². The molecular formula is C18H24N6O5S. The van der Waals surface area contributed by atoms with Crippen molar-refractivity contribution in [2.24, 2.45) is 16.6 Å². The quantitative estimate of drug-likeness (QED) is 0.179. The molecule has 1 heterocycles. The van der Waals surface area contributed by atoms with Crippen LogP contribution in [0.5, 0.6) is 0 Å². The molecule has 0 saturated carbocycles. The normalized spacial score (nSPS) is 10.9. The van der Waals surface area contributed by atoms with Crippen LogP contribution in [0.3, 0.4) is 0 Å². The second-order valence-electron chi connectivity index (χ2n) is 6.35. The average molecular weight is 436 g/mol. The van der Waals surface area contributed by atoms with Gasteiger partial charge in [0.2, 0.25) is 11.9 Å². The molecule has 0 radical (unpaired) electrons. The van der Waals surface area contributed by atoms with Crippen LogP contribution >= 0.6 is 0 Å². The maximum atomic E-state index is 12.8. The summed E-state index contributed by atoms with van der Waals surface area (Å²) in [5.41, 5.74) is 10.4. The molecule has 0 spiro atoms. The lowest BCUT2D eigenvalue weighted by Crippen LogP contribution is -2.36. The Bertz CT molecular complexity index is 1110. The van der Waals surface area contributed by atoms with Crippen LogP contribution in [0.25, 0.3) is 0 Å². The van der Waals surface area contributed by atoms with Gasteiger partial charge in [0.05, 0.1) is 11.4 Å². The van der Waals surface area contributed by atoms with E-state index in [1.54, 1.807) is 38.1 Å². The van der Waals surface area contributed by atoms with E-state index in [0.29, 0.717) is 11.3 Å². The van der Waals surface area contributed by atoms with E-state index in [2.05, 4.69) is 15.2 Å². The van der Waals surface area contributed by atoms with Crippen molar-refractivity contribution in [1.82, 2.24) is 9.88 Å². The Hall–Kier alpha value is -3.54. The van der Waals surface area contributed by atoms with Crippen molar-refractivity contribution in [3.63, 3.8) is 0 Å². The first kappa shape index (κ1) is 22.7. The van der Waals surface area contributed by atoms with E-state index in [1.165, 1.54) is 16.7 Å². The summed E-state index contributed by atoms with van der Waals surface area (Å²) in [5.74, 6) is -0.708. The van der Waals surface area contributed by atoms with Crippen molar-refractivity contribution < 1.29 is 18.0 Å². The summed E-state index contributed by atoms with van der Waals surface area (Å²) >= 11 is 0. The van der Waals surface area contributed by atoms with Gasteiger partial charge in [-0.1, -0.05) is 18.2 Å². The molecule has 162 valence electrons. The number of hydrogen-bond donors (Lipinski definition) is 4. The maximum absolute atomic E-state index is 12.8. The van der Waals surface area contributed by atoms with Crippen molar-refractivity contribution in [1.29, 1.82) is 0 Å². The van der Waals surface area contributed by atoms with Crippen molar-refractivity contribution in [2.75, 3.05) is 17.9 Å². The second-order valence-corrected chi connectivity index (χ2v) is 8.00. The molecule has 0 aliphatic heterocycles. The molecule has 0 saturated heterocycles. The Labute approximate surface area is 173 Å². The fourth-order valence-electron chi connectivity index (χ4n) is 2.56. The molecule has 0 aliphatic carbocycles. The van der Waals surface area contributed by atoms with Gasteiger partial charge in [-0.3, -0.25) is 14.3 Å². The number of nitrogens with zero attached hydrogens (tertiary/aromatic N) is 2. The third-order valence-corrected chi connectivity index (χ3v) is 5.53. The summed E-state index contributed by atoms with van der Waals surface area (Å²) in [4.78, 5) is 29.7. The highest BCUT2D eigenvalue weighted by atomic mass is 32.2. The number of nitrogens with two attached hydrogens (primary N) is 2.